The molecule has 1 saturated heterocycles. The second kappa shape index (κ2) is 6.72. The molecule has 1 atom stereocenters. The molecular formula is C14H18ClN3O2. The van der Waals surface area contributed by atoms with Crippen LogP contribution in [0.1, 0.15) is 24.7 Å². The summed E-state index contributed by atoms with van der Waals surface area (Å²) in [5, 5.41) is 7.43. The second-order valence-corrected chi connectivity index (χ2v) is 4.70. The van der Waals surface area contributed by atoms with Crippen LogP contribution in [0.25, 0.3) is 11.4 Å². The number of aromatic nitrogens is 2. The van der Waals surface area contributed by atoms with E-state index in [1.807, 2.05) is 24.3 Å². The summed E-state index contributed by atoms with van der Waals surface area (Å²) in [6.07, 6.45) is 2.25. The van der Waals surface area contributed by atoms with Gasteiger partial charge >= 0.3 is 0 Å². The quantitative estimate of drug-likeness (QED) is 0.943. The highest BCUT2D eigenvalue weighted by Crippen LogP contribution is 2.29. The predicted octanol–water partition coefficient (Wildman–Crippen LogP) is 2.63. The summed E-state index contributed by atoms with van der Waals surface area (Å²) in [5.74, 6) is 2.40. The molecule has 2 heterocycles. The number of piperidine rings is 1. The highest BCUT2D eigenvalue weighted by Gasteiger charge is 2.22. The van der Waals surface area contributed by atoms with Crippen LogP contribution in [0, 0.1) is 0 Å². The molecule has 0 amide bonds. The molecule has 20 heavy (non-hydrogen) atoms. The van der Waals surface area contributed by atoms with Gasteiger partial charge in [0.25, 0.3) is 0 Å². The molecule has 1 N–H and O–H groups in total. The highest BCUT2D eigenvalue weighted by molar-refractivity contribution is 5.85. The molecule has 6 heteroatoms. The first-order valence-corrected chi connectivity index (χ1v) is 6.56. The molecule has 0 unspecified atom stereocenters. The summed E-state index contributed by atoms with van der Waals surface area (Å²) in [5.41, 5.74) is 0.865. The minimum atomic E-state index is 0. The SMILES string of the molecule is COc1ccccc1-c1noc([C@H]2CCCNC2)n1.Cl. The van der Waals surface area contributed by atoms with Crippen molar-refractivity contribution in [2.24, 2.45) is 0 Å². The van der Waals surface area contributed by atoms with Gasteiger partial charge < -0.3 is 14.6 Å². The number of hydrogen-bond donors (Lipinski definition) is 1. The molecule has 1 aromatic heterocycles. The van der Waals surface area contributed by atoms with Crippen molar-refractivity contribution in [2.45, 2.75) is 18.8 Å². The van der Waals surface area contributed by atoms with Crippen LogP contribution in [-0.4, -0.2) is 30.3 Å². The van der Waals surface area contributed by atoms with Crippen LogP contribution in [-0.2, 0) is 0 Å². The van der Waals surface area contributed by atoms with Crippen molar-refractivity contribution in [3.8, 4) is 17.1 Å². The maximum atomic E-state index is 5.40. The van der Waals surface area contributed by atoms with Gasteiger partial charge in [-0.15, -0.1) is 12.4 Å². The van der Waals surface area contributed by atoms with Gasteiger partial charge in [-0.1, -0.05) is 17.3 Å². The molecule has 1 aromatic carbocycles. The van der Waals surface area contributed by atoms with E-state index in [2.05, 4.69) is 15.5 Å². The Hall–Kier alpha value is -1.59. The van der Waals surface area contributed by atoms with Crippen molar-refractivity contribution in [3.05, 3.63) is 30.2 Å². The number of nitrogens with one attached hydrogen (secondary N) is 1. The fourth-order valence-corrected chi connectivity index (χ4v) is 2.40. The molecular weight excluding hydrogens is 278 g/mol. The maximum absolute atomic E-state index is 5.40. The lowest BCUT2D eigenvalue weighted by Gasteiger charge is -2.18. The summed E-state index contributed by atoms with van der Waals surface area (Å²) in [6.45, 7) is 1.98. The lowest BCUT2D eigenvalue weighted by atomic mass is 10.00. The van der Waals surface area contributed by atoms with Gasteiger partial charge in [-0.25, -0.2) is 0 Å². The Morgan fingerprint density at radius 3 is 2.95 bits per heavy atom. The fraction of sp³-hybridized carbons (Fsp3) is 0.429. The Morgan fingerprint density at radius 1 is 1.35 bits per heavy atom. The first-order chi connectivity index (χ1) is 9.38. The standard InChI is InChI=1S/C14H17N3O2.ClH/c1-18-12-7-3-2-6-11(12)13-16-14(19-17-13)10-5-4-8-15-9-10;/h2-3,6-7,10,15H,4-5,8-9H2,1H3;1H/t10-;/m0./s1. The molecule has 0 spiro atoms. The van der Waals surface area contributed by atoms with Gasteiger partial charge in [-0.2, -0.15) is 4.98 Å². The molecule has 3 rings (SSSR count). The van der Waals surface area contributed by atoms with E-state index in [4.69, 9.17) is 9.26 Å². The van der Waals surface area contributed by atoms with Gasteiger partial charge in [-0.3, -0.25) is 0 Å². The molecule has 0 bridgehead atoms. The Bertz CT molecular complexity index is 553. The zero-order valence-corrected chi connectivity index (χ0v) is 12.2. The third-order valence-electron chi connectivity index (χ3n) is 3.44. The van der Waals surface area contributed by atoms with E-state index in [0.29, 0.717) is 17.6 Å². The van der Waals surface area contributed by atoms with E-state index < -0.39 is 0 Å². The molecule has 1 aliphatic heterocycles. The summed E-state index contributed by atoms with van der Waals surface area (Å²) in [7, 11) is 1.64. The van der Waals surface area contributed by atoms with Crippen LogP contribution in [0.5, 0.6) is 5.75 Å². The van der Waals surface area contributed by atoms with Gasteiger partial charge in [0.2, 0.25) is 11.7 Å². The third kappa shape index (κ3) is 2.94. The summed E-state index contributed by atoms with van der Waals surface area (Å²) in [6, 6.07) is 7.70. The van der Waals surface area contributed by atoms with Crippen LogP contribution < -0.4 is 10.1 Å². The monoisotopic (exact) mass is 295 g/mol. The number of ether oxygens (including phenoxy) is 1. The lowest BCUT2D eigenvalue weighted by Crippen LogP contribution is -2.28. The van der Waals surface area contributed by atoms with E-state index in [0.717, 1.165) is 37.2 Å². The number of methoxy groups -OCH3 is 1. The van der Waals surface area contributed by atoms with Crippen LogP contribution in [0.4, 0.5) is 0 Å². The molecule has 0 saturated carbocycles. The zero-order chi connectivity index (χ0) is 13.1. The molecule has 1 fully saturated rings. The molecule has 2 aromatic rings. The zero-order valence-electron chi connectivity index (χ0n) is 11.3. The van der Waals surface area contributed by atoms with Gasteiger partial charge in [0.05, 0.1) is 18.6 Å². The van der Waals surface area contributed by atoms with Gasteiger partial charge in [0.1, 0.15) is 5.75 Å². The van der Waals surface area contributed by atoms with Crippen molar-refractivity contribution in [1.29, 1.82) is 0 Å². The van der Waals surface area contributed by atoms with Crippen molar-refractivity contribution in [2.75, 3.05) is 20.2 Å². The van der Waals surface area contributed by atoms with Crippen molar-refractivity contribution in [3.63, 3.8) is 0 Å². The van der Waals surface area contributed by atoms with Crippen molar-refractivity contribution in [1.82, 2.24) is 15.5 Å². The average Bonchev–Trinajstić information content (AvgIpc) is 2.98. The number of rotatable bonds is 3. The topological polar surface area (TPSA) is 60.2 Å². The number of halogens is 1. The molecule has 5 nitrogen and oxygen atoms in total. The summed E-state index contributed by atoms with van der Waals surface area (Å²) < 4.78 is 10.7. The minimum absolute atomic E-state index is 0. The molecule has 0 aliphatic carbocycles. The first kappa shape index (κ1) is 14.8. The van der Waals surface area contributed by atoms with Gasteiger partial charge in [0, 0.05) is 6.54 Å². The van der Waals surface area contributed by atoms with Crippen molar-refractivity contribution >= 4 is 12.4 Å². The van der Waals surface area contributed by atoms with E-state index in [9.17, 15) is 0 Å². The van der Waals surface area contributed by atoms with Gasteiger partial charge in [0.15, 0.2) is 0 Å². The fourth-order valence-electron chi connectivity index (χ4n) is 2.40. The third-order valence-corrected chi connectivity index (χ3v) is 3.44. The van der Waals surface area contributed by atoms with E-state index in [1.165, 1.54) is 0 Å². The van der Waals surface area contributed by atoms with E-state index >= 15 is 0 Å². The van der Waals surface area contributed by atoms with Crippen LogP contribution >= 0.6 is 12.4 Å². The normalized spacial score (nSPS) is 18.4. The van der Waals surface area contributed by atoms with Gasteiger partial charge in [-0.05, 0) is 31.5 Å². The van der Waals surface area contributed by atoms with Crippen LogP contribution in [0.3, 0.4) is 0 Å². The second-order valence-electron chi connectivity index (χ2n) is 4.70. The summed E-state index contributed by atoms with van der Waals surface area (Å²) >= 11 is 0. The Kier molecular flexibility index (Phi) is 4.98. The van der Waals surface area contributed by atoms with Crippen LogP contribution in [0.2, 0.25) is 0 Å². The van der Waals surface area contributed by atoms with Crippen molar-refractivity contribution < 1.29 is 9.26 Å². The number of para-hydroxylation sites is 1. The Balaban J connectivity index is 0.00000147. The number of benzene rings is 1. The number of nitrogens with zero attached hydrogens (tertiary/aromatic N) is 2. The van der Waals surface area contributed by atoms with E-state index in [-0.39, 0.29) is 12.4 Å². The first-order valence-electron chi connectivity index (χ1n) is 6.56. The molecule has 1 aliphatic rings. The highest BCUT2D eigenvalue weighted by atomic mass is 35.5. The Labute approximate surface area is 124 Å². The Morgan fingerprint density at radius 2 is 2.20 bits per heavy atom. The minimum Gasteiger partial charge on any atom is -0.496 e. The predicted molar refractivity (Wildman–Crippen MR) is 78.4 cm³/mol. The summed E-state index contributed by atoms with van der Waals surface area (Å²) in [4.78, 5) is 4.51. The molecule has 0 radical (unpaired) electrons. The maximum Gasteiger partial charge on any atom is 0.231 e. The number of hydrogen-bond acceptors (Lipinski definition) is 5. The van der Waals surface area contributed by atoms with E-state index in [1.54, 1.807) is 7.11 Å². The average molecular weight is 296 g/mol. The lowest BCUT2D eigenvalue weighted by molar-refractivity contribution is 0.322. The largest absolute Gasteiger partial charge is 0.496 e. The molecule has 108 valence electrons. The van der Waals surface area contributed by atoms with Crippen LogP contribution in [0.15, 0.2) is 28.8 Å². The smallest absolute Gasteiger partial charge is 0.231 e.